The van der Waals surface area contributed by atoms with Crippen molar-refractivity contribution >= 4 is 56.3 Å². The highest BCUT2D eigenvalue weighted by Gasteiger charge is 2.58. The number of nitrogens with one attached hydrogen (secondary N) is 1. The zero-order chi connectivity index (χ0) is 33.8. The molecule has 0 saturated carbocycles. The lowest BCUT2D eigenvalue weighted by Gasteiger charge is -2.50. The molecular weight excluding hydrogens is 650 g/mol. The van der Waals surface area contributed by atoms with Gasteiger partial charge in [0.15, 0.2) is 10.8 Å². The Balaban J connectivity index is 1.44. The normalized spacial score (nSPS) is 16.9. The molecule has 248 valence electrons. The van der Waals surface area contributed by atoms with Crippen LogP contribution in [0, 0.1) is 0 Å². The van der Waals surface area contributed by atoms with Crippen molar-refractivity contribution in [3.8, 4) is 17.0 Å². The molecule has 19 nitrogen and oxygen atoms in total. The van der Waals surface area contributed by atoms with E-state index in [1.807, 2.05) is 0 Å². The minimum Gasteiger partial charge on any atom is -0.489 e. The highest BCUT2D eigenvalue weighted by Crippen LogP contribution is 2.33. The van der Waals surface area contributed by atoms with Gasteiger partial charge >= 0.3 is 16.4 Å². The van der Waals surface area contributed by atoms with Crippen LogP contribution in [0.2, 0.25) is 0 Å². The molecule has 1 aliphatic heterocycles. The highest BCUT2D eigenvalue weighted by atomic mass is 32.3. The van der Waals surface area contributed by atoms with E-state index in [0.717, 1.165) is 23.3 Å². The van der Waals surface area contributed by atoms with Gasteiger partial charge in [-0.1, -0.05) is 5.16 Å². The molecule has 1 fully saturated rings. The Bertz CT molecular complexity index is 1740. The molecule has 1 saturated heterocycles. The summed E-state index contributed by atoms with van der Waals surface area (Å²) >= 11 is 0.951. The number of carbonyl (C=O) groups is 3. The number of carbonyl (C=O) groups excluding carboxylic acids is 2. The second-order valence-corrected chi connectivity index (χ2v) is 12.2. The number of hydrogen-bond donors (Lipinski definition) is 6. The number of aromatic nitrogens is 3. The number of ether oxygens (including phenoxy) is 1. The Kier molecular flexibility index (Phi) is 10.1. The molecule has 4 rings (SSSR count). The van der Waals surface area contributed by atoms with Crippen molar-refractivity contribution in [1.29, 1.82) is 0 Å². The van der Waals surface area contributed by atoms with Gasteiger partial charge < -0.3 is 41.8 Å². The topological polar surface area (TPSA) is 290 Å². The molecule has 1 aromatic carbocycles. The summed E-state index contributed by atoms with van der Waals surface area (Å²) in [6, 6.07) is 5.27. The number of nitrogens with zero attached hydrogens (tertiary/aromatic N) is 5. The molecule has 3 aromatic rings. The van der Waals surface area contributed by atoms with Crippen LogP contribution in [0.1, 0.15) is 26.0 Å². The summed E-state index contributed by atoms with van der Waals surface area (Å²) in [4.78, 5) is 51.1. The molecule has 0 aliphatic carbocycles. The molecule has 9 N–H and O–H groups in total. The fourth-order valence-corrected chi connectivity index (χ4v) is 5.19. The number of imidazole rings is 1. The number of oxime groups is 1. The summed E-state index contributed by atoms with van der Waals surface area (Å²) in [7, 11) is -5.02. The van der Waals surface area contributed by atoms with Gasteiger partial charge in [0, 0.05) is 23.7 Å². The number of carboxylic acids is 1. The zero-order valence-corrected chi connectivity index (χ0v) is 26.0. The van der Waals surface area contributed by atoms with Crippen LogP contribution < -0.4 is 27.3 Å². The molecule has 2 atom stereocenters. The zero-order valence-electron chi connectivity index (χ0n) is 24.4. The van der Waals surface area contributed by atoms with Crippen LogP contribution in [0.5, 0.6) is 5.75 Å². The molecule has 3 heterocycles. The third-order valence-corrected chi connectivity index (χ3v) is 7.62. The predicted molar refractivity (Wildman–Crippen MR) is 162 cm³/mol. The average molecular weight is 682 g/mol. The number of amides is 2. The first-order valence-electron chi connectivity index (χ1n) is 13.4. The second-order valence-electron chi connectivity index (χ2n) is 10.3. The quantitative estimate of drug-likeness (QED) is 0.0515. The van der Waals surface area contributed by atoms with E-state index in [1.54, 1.807) is 35.0 Å². The van der Waals surface area contributed by atoms with E-state index in [1.165, 1.54) is 19.2 Å². The van der Waals surface area contributed by atoms with E-state index in [4.69, 9.17) is 31.3 Å². The highest BCUT2D eigenvalue weighted by molar-refractivity contribution is 7.80. The summed E-state index contributed by atoms with van der Waals surface area (Å²) in [5.74, 6) is -2.86. The summed E-state index contributed by atoms with van der Waals surface area (Å²) in [6.45, 7) is 3.32. The van der Waals surface area contributed by atoms with Gasteiger partial charge in [-0.15, -0.1) is 15.6 Å². The molecule has 0 spiro atoms. The van der Waals surface area contributed by atoms with Crippen molar-refractivity contribution < 1.29 is 46.3 Å². The largest absolute Gasteiger partial charge is 0.489 e. The molecule has 2 unspecified atom stereocenters. The number of carboxylic acid groups (broad SMARTS) is 1. The van der Waals surface area contributed by atoms with Crippen molar-refractivity contribution in [2.45, 2.75) is 44.5 Å². The lowest BCUT2D eigenvalue weighted by Crippen LogP contribution is -2.76. The number of nitrogen functional groups attached to an aromatic ring is 2. The van der Waals surface area contributed by atoms with Crippen LogP contribution in [0.3, 0.4) is 0 Å². The Morgan fingerprint density at radius 1 is 1.22 bits per heavy atom. The number of nitrogens with two attached hydrogens (primary N) is 3. The van der Waals surface area contributed by atoms with Crippen molar-refractivity contribution in [3.05, 3.63) is 41.5 Å². The van der Waals surface area contributed by atoms with Crippen LogP contribution in [0.25, 0.3) is 11.3 Å². The van der Waals surface area contributed by atoms with Gasteiger partial charge in [-0.3, -0.25) is 14.1 Å². The summed E-state index contributed by atoms with van der Waals surface area (Å²) in [5.41, 5.74) is 16.5. The van der Waals surface area contributed by atoms with E-state index in [2.05, 4.69) is 24.7 Å². The monoisotopic (exact) mass is 681 g/mol. The van der Waals surface area contributed by atoms with Crippen LogP contribution >= 0.6 is 11.3 Å². The SMILES string of the molecule is CC1(C)C(NC(=O)C(=NOC(COc2ccc(-c3cn(CCCN)c(N)n3)cc2)C(=O)O)c2csc(N)n2)C(=O)N1OS(=O)(=O)O. The van der Waals surface area contributed by atoms with Crippen LogP contribution in [0.4, 0.5) is 11.1 Å². The fourth-order valence-electron chi connectivity index (χ4n) is 4.19. The minimum absolute atomic E-state index is 0.0508. The average Bonchev–Trinajstić information content (AvgIpc) is 3.59. The smallest absolute Gasteiger partial charge is 0.418 e. The molecule has 46 heavy (non-hydrogen) atoms. The summed E-state index contributed by atoms with van der Waals surface area (Å²) in [6.07, 6.45) is 0.832. The second kappa shape index (κ2) is 13.7. The maximum atomic E-state index is 13.2. The molecule has 0 radical (unpaired) electrons. The third kappa shape index (κ3) is 7.87. The van der Waals surface area contributed by atoms with E-state index >= 15 is 0 Å². The number of rotatable bonds is 15. The van der Waals surface area contributed by atoms with E-state index in [0.29, 0.717) is 35.5 Å². The van der Waals surface area contributed by atoms with E-state index in [9.17, 15) is 27.9 Å². The van der Waals surface area contributed by atoms with Gasteiger partial charge in [0.2, 0.25) is 5.95 Å². The van der Waals surface area contributed by atoms with Gasteiger partial charge in [0.05, 0.1) is 11.2 Å². The molecule has 1 aliphatic rings. The number of aryl methyl sites for hydroxylation is 1. The minimum atomic E-state index is -5.02. The lowest BCUT2D eigenvalue weighted by molar-refractivity contribution is -0.218. The van der Waals surface area contributed by atoms with Crippen LogP contribution in [0.15, 0.2) is 41.0 Å². The standard InChI is InChI=1S/C25H31N9O10S2/c1-25(2)19(21(36)34(25)44-46(39,40)41)31-20(35)18(16-12-45-24(28)30-16)32-43-17(22(37)38)11-42-14-6-4-13(5-7-14)15-10-33(9-3-8-26)23(27)29-15/h4-7,10,12,17,19H,3,8-9,11,26H2,1-2H3,(H2,27,29)(H2,28,30)(H,31,35)(H,37,38)(H,39,40,41). The third-order valence-electron chi connectivity index (χ3n) is 6.61. The summed E-state index contributed by atoms with van der Waals surface area (Å²) in [5, 5.41) is 17.5. The van der Waals surface area contributed by atoms with E-state index < -0.39 is 58.2 Å². The van der Waals surface area contributed by atoms with Gasteiger partial charge in [-0.05, 0) is 51.1 Å². The predicted octanol–water partition coefficient (Wildman–Crippen LogP) is -0.387. The molecule has 2 amide bonds. The van der Waals surface area contributed by atoms with Gasteiger partial charge in [-0.2, -0.15) is 13.5 Å². The Morgan fingerprint density at radius 2 is 1.91 bits per heavy atom. The Labute approximate surface area is 265 Å². The number of anilines is 2. The van der Waals surface area contributed by atoms with Gasteiger partial charge in [-0.25, -0.2) is 14.8 Å². The van der Waals surface area contributed by atoms with Crippen molar-refractivity contribution in [2.75, 3.05) is 24.6 Å². The first kappa shape index (κ1) is 34.1. The first-order valence-corrected chi connectivity index (χ1v) is 15.6. The van der Waals surface area contributed by atoms with Crippen molar-refractivity contribution in [3.63, 3.8) is 0 Å². The number of β-lactam (4-membered cyclic amide) rings is 1. The van der Waals surface area contributed by atoms with Crippen molar-refractivity contribution in [2.24, 2.45) is 10.9 Å². The Hall–Kier alpha value is -4.83. The number of hydrogen-bond acceptors (Lipinski definition) is 15. The van der Waals surface area contributed by atoms with Crippen LogP contribution in [-0.4, -0.2) is 92.0 Å². The lowest BCUT2D eigenvalue weighted by atomic mass is 9.84. The maximum Gasteiger partial charge on any atom is 0.418 e. The first-order chi connectivity index (χ1) is 21.6. The number of benzene rings is 1. The fraction of sp³-hybridized carbons (Fsp3) is 0.360. The molecular formula is C25H31N9O10S2. The Morgan fingerprint density at radius 3 is 2.48 bits per heavy atom. The molecule has 2 aromatic heterocycles. The number of hydroxylamine groups is 2. The van der Waals surface area contributed by atoms with Gasteiger partial charge in [0.25, 0.3) is 17.9 Å². The molecule has 21 heteroatoms. The molecule has 0 bridgehead atoms. The van der Waals surface area contributed by atoms with E-state index in [-0.39, 0.29) is 10.8 Å². The van der Waals surface area contributed by atoms with Gasteiger partial charge in [0.1, 0.15) is 24.1 Å². The summed E-state index contributed by atoms with van der Waals surface area (Å²) < 4.78 is 42.7. The van der Waals surface area contributed by atoms with Crippen molar-refractivity contribution in [1.82, 2.24) is 24.9 Å². The van der Waals surface area contributed by atoms with Crippen LogP contribution in [-0.2, 0) is 40.4 Å². The number of thiazole rings is 1. The maximum absolute atomic E-state index is 13.2. The number of aliphatic carboxylic acids is 1.